The topological polar surface area (TPSA) is 37.3 Å². The Hall–Kier alpha value is -1.57. The fourth-order valence-corrected chi connectivity index (χ4v) is 4.52. The van der Waals surface area contributed by atoms with Crippen molar-refractivity contribution in [3.05, 3.63) is 34.9 Å². The van der Waals surface area contributed by atoms with E-state index in [9.17, 15) is 9.90 Å². The van der Waals surface area contributed by atoms with Crippen LogP contribution in [0.5, 0.6) is 5.75 Å². The van der Waals surface area contributed by atoms with Gasteiger partial charge in [0.15, 0.2) is 5.78 Å². The van der Waals surface area contributed by atoms with Crippen LogP contribution in [0.15, 0.2) is 23.8 Å². The van der Waals surface area contributed by atoms with Crippen LogP contribution in [0.1, 0.15) is 65.5 Å². The largest absolute Gasteiger partial charge is 0.508 e. The quantitative estimate of drug-likeness (QED) is 0.733. The number of allylic oxidation sites excluding steroid dienone is 1. The third-order valence-electron chi connectivity index (χ3n) is 6.52. The second-order valence-corrected chi connectivity index (χ2v) is 9.10. The molecule has 0 aliphatic heterocycles. The summed E-state index contributed by atoms with van der Waals surface area (Å²) in [6.07, 6.45) is 4.17. The first kappa shape index (κ1) is 16.3. The summed E-state index contributed by atoms with van der Waals surface area (Å²) in [6, 6.07) is 5.68. The minimum Gasteiger partial charge on any atom is -0.508 e. The molecule has 2 aliphatic rings. The monoisotopic (exact) mass is 312 g/mol. The highest BCUT2D eigenvalue weighted by Gasteiger charge is 2.63. The van der Waals surface area contributed by atoms with Crippen molar-refractivity contribution in [1.29, 1.82) is 0 Å². The van der Waals surface area contributed by atoms with E-state index in [-0.39, 0.29) is 16.2 Å². The third-order valence-corrected chi connectivity index (χ3v) is 6.52. The Kier molecular flexibility index (Phi) is 3.34. The Morgan fingerprint density at radius 3 is 2.39 bits per heavy atom. The zero-order chi connectivity index (χ0) is 17.2. The van der Waals surface area contributed by atoms with Gasteiger partial charge in [-0.25, -0.2) is 0 Å². The van der Waals surface area contributed by atoms with Gasteiger partial charge in [-0.1, -0.05) is 47.6 Å². The average Bonchev–Trinajstić information content (AvgIpc) is 2.74. The SMILES string of the molecule is CC(C)(C)c1cc(C=C2C(=O)C3(C)CCC2C3(C)C)ccc1O. The van der Waals surface area contributed by atoms with Crippen molar-refractivity contribution >= 4 is 11.9 Å². The maximum atomic E-state index is 12.9. The number of benzene rings is 1. The van der Waals surface area contributed by atoms with Gasteiger partial charge in [-0.05, 0) is 64.5 Å². The molecular weight excluding hydrogens is 284 g/mol. The predicted molar refractivity (Wildman–Crippen MR) is 94.4 cm³/mol. The van der Waals surface area contributed by atoms with Crippen LogP contribution in [-0.4, -0.2) is 10.9 Å². The molecule has 2 atom stereocenters. The van der Waals surface area contributed by atoms with Gasteiger partial charge in [0.25, 0.3) is 0 Å². The number of aromatic hydroxyl groups is 1. The molecule has 0 heterocycles. The fraction of sp³-hybridized carbons (Fsp3) is 0.571. The maximum Gasteiger partial charge on any atom is 0.165 e. The lowest BCUT2D eigenvalue weighted by Crippen LogP contribution is -2.32. The second kappa shape index (κ2) is 4.72. The van der Waals surface area contributed by atoms with E-state index in [0.717, 1.165) is 29.5 Å². The highest BCUT2D eigenvalue weighted by molar-refractivity contribution is 6.07. The van der Waals surface area contributed by atoms with Crippen LogP contribution >= 0.6 is 0 Å². The molecule has 0 saturated heterocycles. The van der Waals surface area contributed by atoms with Gasteiger partial charge in [-0.3, -0.25) is 4.79 Å². The number of phenolic OH excluding ortho intramolecular Hbond substituents is 1. The lowest BCUT2D eigenvalue weighted by molar-refractivity contribution is -0.125. The molecule has 2 nitrogen and oxygen atoms in total. The lowest BCUT2D eigenvalue weighted by atomic mass is 9.70. The van der Waals surface area contributed by atoms with Crippen LogP contribution in [0.3, 0.4) is 0 Å². The molecule has 0 amide bonds. The first-order valence-electron chi connectivity index (χ1n) is 8.58. The van der Waals surface area contributed by atoms with E-state index in [1.165, 1.54) is 0 Å². The number of carbonyl (C=O) groups is 1. The summed E-state index contributed by atoms with van der Waals surface area (Å²) in [5.74, 6) is 1.00. The third kappa shape index (κ3) is 2.18. The average molecular weight is 312 g/mol. The molecule has 2 fully saturated rings. The van der Waals surface area contributed by atoms with Crippen LogP contribution in [0.4, 0.5) is 0 Å². The van der Waals surface area contributed by atoms with Gasteiger partial charge in [0.1, 0.15) is 5.75 Å². The van der Waals surface area contributed by atoms with Crippen molar-refractivity contribution in [1.82, 2.24) is 0 Å². The number of ketones is 1. The first-order valence-corrected chi connectivity index (χ1v) is 8.58. The van der Waals surface area contributed by atoms with Crippen molar-refractivity contribution in [3.63, 3.8) is 0 Å². The summed E-state index contributed by atoms with van der Waals surface area (Å²) in [5.41, 5.74) is 2.63. The van der Waals surface area contributed by atoms with Crippen molar-refractivity contribution in [2.24, 2.45) is 16.7 Å². The molecule has 0 spiro atoms. The van der Waals surface area contributed by atoms with Gasteiger partial charge < -0.3 is 5.11 Å². The van der Waals surface area contributed by atoms with E-state index in [1.807, 2.05) is 12.1 Å². The van der Waals surface area contributed by atoms with Crippen molar-refractivity contribution in [3.8, 4) is 5.75 Å². The van der Waals surface area contributed by atoms with Crippen molar-refractivity contribution in [2.75, 3.05) is 0 Å². The molecular formula is C21H28O2. The molecule has 2 bridgehead atoms. The first-order chi connectivity index (χ1) is 10.5. The predicted octanol–water partition coefficient (Wildman–Crippen LogP) is 5.10. The van der Waals surface area contributed by atoms with E-state index < -0.39 is 0 Å². The number of phenols is 1. The minimum atomic E-state index is -0.215. The van der Waals surface area contributed by atoms with Gasteiger partial charge in [0.2, 0.25) is 0 Å². The lowest BCUT2D eigenvalue weighted by Gasteiger charge is -2.31. The molecule has 0 radical (unpaired) electrons. The van der Waals surface area contributed by atoms with Gasteiger partial charge >= 0.3 is 0 Å². The highest BCUT2D eigenvalue weighted by Crippen LogP contribution is 2.65. The number of Topliss-reactive ketones (excluding diaryl/α,β-unsaturated/α-hetero) is 1. The van der Waals surface area contributed by atoms with E-state index in [2.05, 4.69) is 47.6 Å². The number of fused-ring (bicyclic) bond motifs is 2. The van der Waals surface area contributed by atoms with Crippen molar-refractivity contribution in [2.45, 2.75) is 59.8 Å². The molecule has 2 heteroatoms. The fourth-order valence-electron chi connectivity index (χ4n) is 4.52. The van der Waals surface area contributed by atoms with Crippen molar-refractivity contribution < 1.29 is 9.90 Å². The molecule has 3 rings (SSSR count). The summed E-state index contributed by atoms with van der Waals surface area (Å²) >= 11 is 0. The summed E-state index contributed by atoms with van der Waals surface area (Å²) in [7, 11) is 0. The minimum absolute atomic E-state index is 0.0414. The Bertz CT molecular complexity index is 703. The molecule has 1 aromatic rings. The molecule has 2 saturated carbocycles. The number of hydrogen-bond acceptors (Lipinski definition) is 2. The van der Waals surface area contributed by atoms with E-state index in [1.54, 1.807) is 6.07 Å². The molecule has 124 valence electrons. The molecule has 1 N–H and O–H groups in total. The van der Waals surface area contributed by atoms with Gasteiger partial charge in [0, 0.05) is 5.41 Å². The molecule has 1 aromatic carbocycles. The Balaban J connectivity index is 2.06. The Morgan fingerprint density at radius 1 is 1.22 bits per heavy atom. The van der Waals surface area contributed by atoms with E-state index in [0.29, 0.717) is 17.5 Å². The summed E-state index contributed by atoms with van der Waals surface area (Å²) in [6.45, 7) is 12.9. The second-order valence-electron chi connectivity index (χ2n) is 9.10. The zero-order valence-corrected chi connectivity index (χ0v) is 15.2. The molecule has 2 aliphatic carbocycles. The molecule has 0 aromatic heterocycles. The van der Waals surface area contributed by atoms with E-state index >= 15 is 0 Å². The summed E-state index contributed by atoms with van der Waals surface area (Å²) in [4.78, 5) is 12.9. The molecule has 2 unspecified atom stereocenters. The van der Waals surface area contributed by atoms with Gasteiger partial charge in [0.05, 0.1) is 0 Å². The summed E-state index contributed by atoms with van der Waals surface area (Å²) in [5, 5.41) is 10.1. The highest BCUT2D eigenvalue weighted by atomic mass is 16.3. The van der Waals surface area contributed by atoms with Gasteiger partial charge in [-0.2, -0.15) is 0 Å². The Morgan fingerprint density at radius 2 is 1.87 bits per heavy atom. The van der Waals surface area contributed by atoms with Crippen LogP contribution < -0.4 is 0 Å². The van der Waals surface area contributed by atoms with E-state index in [4.69, 9.17) is 0 Å². The number of rotatable bonds is 1. The molecule has 23 heavy (non-hydrogen) atoms. The number of carbonyl (C=O) groups excluding carboxylic acids is 1. The standard InChI is InChI=1S/C21H28O2/c1-19(2,3)16-12-13(7-8-17(16)22)11-14-15-9-10-21(6,18(14)23)20(15,4)5/h7-8,11-12,15,22H,9-10H2,1-6H3. The number of hydrogen-bond donors (Lipinski definition) is 1. The smallest absolute Gasteiger partial charge is 0.165 e. The Labute approximate surface area is 139 Å². The van der Waals surface area contributed by atoms with Crippen LogP contribution in [-0.2, 0) is 10.2 Å². The van der Waals surface area contributed by atoms with Crippen LogP contribution in [0, 0.1) is 16.7 Å². The maximum absolute atomic E-state index is 12.9. The zero-order valence-electron chi connectivity index (χ0n) is 15.2. The summed E-state index contributed by atoms with van der Waals surface area (Å²) < 4.78 is 0. The van der Waals surface area contributed by atoms with Crippen LogP contribution in [0.25, 0.3) is 6.08 Å². The van der Waals surface area contributed by atoms with Gasteiger partial charge in [-0.15, -0.1) is 0 Å². The normalized spacial score (nSPS) is 31.1. The van der Waals surface area contributed by atoms with Crippen LogP contribution in [0.2, 0.25) is 0 Å².